The number of aliphatic carboxylic acids is 1. The van der Waals surface area contributed by atoms with Crippen LogP contribution in [0.1, 0.15) is 81.5 Å². The van der Waals surface area contributed by atoms with Gasteiger partial charge in [0.25, 0.3) is 0 Å². The number of carbonyl (C=O) groups excluding carboxylic acids is 3. The molecule has 1 aliphatic carbocycles. The summed E-state index contributed by atoms with van der Waals surface area (Å²) in [6.07, 6.45) is 3.49. The van der Waals surface area contributed by atoms with E-state index in [2.05, 4.69) is 10.6 Å². The molecule has 3 N–H and O–H groups in total. The molecular weight excluding hydrogens is 568 g/mol. The molecule has 1 saturated carbocycles. The van der Waals surface area contributed by atoms with E-state index in [1.807, 2.05) is 45.9 Å². The molecular formula is C34H43F2N3O5. The van der Waals surface area contributed by atoms with Gasteiger partial charge in [-0.05, 0) is 92.2 Å². The largest absolute Gasteiger partial charge is 0.481 e. The van der Waals surface area contributed by atoms with E-state index >= 15 is 4.39 Å². The second kappa shape index (κ2) is 14.4. The molecule has 10 heteroatoms. The average molecular weight is 612 g/mol. The third kappa shape index (κ3) is 8.28. The van der Waals surface area contributed by atoms with Gasteiger partial charge < -0.3 is 15.3 Å². The topological polar surface area (TPSA) is 116 Å². The van der Waals surface area contributed by atoms with Crippen molar-refractivity contribution in [3.8, 4) is 11.1 Å². The second-order valence-corrected chi connectivity index (χ2v) is 12.7. The fourth-order valence-corrected chi connectivity index (χ4v) is 6.15. The van der Waals surface area contributed by atoms with E-state index in [0.717, 1.165) is 36.5 Å². The minimum Gasteiger partial charge on any atom is -0.481 e. The summed E-state index contributed by atoms with van der Waals surface area (Å²) in [7, 11) is 0. The summed E-state index contributed by atoms with van der Waals surface area (Å²) < 4.78 is 30.2. The van der Waals surface area contributed by atoms with E-state index in [4.69, 9.17) is 0 Å². The third-order valence-corrected chi connectivity index (χ3v) is 8.55. The molecule has 0 spiro atoms. The van der Waals surface area contributed by atoms with Gasteiger partial charge in [-0.25, -0.2) is 8.78 Å². The first-order valence-electron chi connectivity index (χ1n) is 15.5. The first-order valence-corrected chi connectivity index (χ1v) is 15.5. The summed E-state index contributed by atoms with van der Waals surface area (Å²) in [5.74, 6) is -4.06. The Labute approximate surface area is 257 Å². The number of hydrogen-bond acceptors (Lipinski definition) is 5. The number of Topliss-reactive ketones (excluding diaryl/α,β-unsaturated/α-hetero) is 1. The predicted octanol–water partition coefficient (Wildman–Crippen LogP) is 5.25. The lowest BCUT2D eigenvalue weighted by Crippen LogP contribution is -2.50. The van der Waals surface area contributed by atoms with Crippen molar-refractivity contribution in [3.05, 3.63) is 58.7 Å². The molecule has 2 aliphatic rings. The van der Waals surface area contributed by atoms with Gasteiger partial charge >= 0.3 is 5.97 Å². The first-order chi connectivity index (χ1) is 20.8. The van der Waals surface area contributed by atoms with Gasteiger partial charge in [0.1, 0.15) is 0 Å². The maximum Gasteiger partial charge on any atom is 0.305 e. The van der Waals surface area contributed by atoms with Crippen LogP contribution < -0.4 is 10.6 Å². The smallest absolute Gasteiger partial charge is 0.305 e. The van der Waals surface area contributed by atoms with Crippen LogP contribution in [0.5, 0.6) is 0 Å². The fraction of sp³-hybridized carbons (Fsp3) is 0.529. The normalized spacial score (nSPS) is 17.9. The number of benzene rings is 2. The maximum absolute atomic E-state index is 15.3. The molecule has 1 saturated heterocycles. The number of carbonyl (C=O) groups is 4. The molecule has 2 amide bonds. The predicted molar refractivity (Wildman–Crippen MR) is 163 cm³/mol. The standard InChI is InChI=1S/C34H43F2N3O5/c1-19(2)13-27(37-18-29(40)28-9-6-12-39(28)30(41)14-22-10-11-22)34(44)38-26(17-31(42)43)24-15-23(16-25(35)33(24)36)32-20(3)7-5-8-21(32)4/h5,7-8,15-16,19,22,26-28,37H,6,9-14,17-18H2,1-4H3,(H,38,44)(H,42,43)/t26-,27-,28+/m0/s1. The van der Waals surface area contributed by atoms with Gasteiger partial charge in [-0.1, -0.05) is 32.0 Å². The average Bonchev–Trinajstić information content (AvgIpc) is 3.62. The molecule has 0 unspecified atom stereocenters. The van der Waals surface area contributed by atoms with Gasteiger partial charge in [-0.2, -0.15) is 0 Å². The molecule has 8 nitrogen and oxygen atoms in total. The number of nitrogens with one attached hydrogen (secondary N) is 2. The van der Waals surface area contributed by atoms with Crippen molar-refractivity contribution in [1.29, 1.82) is 0 Å². The zero-order chi connectivity index (χ0) is 32.1. The Morgan fingerprint density at radius 2 is 1.73 bits per heavy atom. The van der Waals surface area contributed by atoms with Crippen LogP contribution in [0.2, 0.25) is 0 Å². The number of halogens is 2. The highest BCUT2D eigenvalue weighted by Gasteiger charge is 2.37. The van der Waals surface area contributed by atoms with Crippen LogP contribution in [0.4, 0.5) is 8.78 Å². The lowest BCUT2D eigenvalue weighted by molar-refractivity contribution is -0.138. The van der Waals surface area contributed by atoms with Gasteiger partial charge in [0.2, 0.25) is 11.8 Å². The second-order valence-electron chi connectivity index (χ2n) is 12.7. The quantitative estimate of drug-likeness (QED) is 0.269. The van der Waals surface area contributed by atoms with Crippen LogP contribution in [0, 0.1) is 37.3 Å². The molecule has 0 bridgehead atoms. The van der Waals surface area contributed by atoms with Gasteiger partial charge in [-0.3, -0.25) is 24.5 Å². The highest BCUT2D eigenvalue weighted by atomic mass is 19.2. The molecule has 2 aromatic carbocycles. The summed E-state index contributed by atoms with van der Waals surface area (Å²) in [6, 6.07) is 5.20. The van der Waals surface area contributed by atoms with Gasteiger partial charge in [-0.15, -0.1) is 0 Å². The van der Waals surface area contributed by atoms with E-state index in [9.17, 15) is 28.7 Å². The van der Waals surface area contributed by atoms with Crippen LogP contribution in [0.3, 0.4) is 0 Å². The van der Waals surface area contributed by atoms with Crippen molar-refractivity contribution in [2.75, 3.05) is 13.1 Å². The molecule has 44 heavy (non-hydrogen) atoms. The Hall–Kier alpha value is -3.66. The van der Waals surface area contributed by atoms with Crippen molar-refractivity contribution in [3.63, 3.8) is 0 Å². The Kier molecular flexibility index (Phi) is 10.9. The van der Waals surface area contributed by atoms with E-state index in [-0.39, 0.29) is 29.7 Å². The molecule has 3 atom stereocenters. The maximum atomic E-state index is 15.3. The van der Waals surface area contributed by atoms with Crippen LogP contribution in [0.25, 0.3) is 11.1 Å². The highest BCUT2D eigenvalue weighted by molar-refractivity contribution is 5.92. The molecule has 1 heterocycles. The van der Waals surface area contributed by atoms with Gasteiger partial charge in [0.05, 0.1) is 31.1 Å². The number of rotatable bonds is 14. The zero-order valence-corrected chi connectivity index (χ0v) is 25.9. The number of hydrogen-bond donors (Lipinski definition) is 3. The minimum absolute atomic E-state index is 0.00582. The van der Waals surface area contributed by atoms with E-state index < -0.39 is 48.1 Å². The molecule has 0 radical (unpaired) electrons. The molecule has 1 aliphatic heterocycles. The van der Waals surface area contributed by atoms with Gasteiger partial charge in [0, 0.05) is 18.5 Å². The number of ketones is 1. The lowest BCUT2D eigenvalue weighted by Gasteiger charge is -2.27. The van der Waals surface area contributed by atoms with E-state index in [0.29, 0.717) is 42.9 Å². The van der Waals surface area contributed by atoms with Crippen molar-refractivity contribution in [2.45, 2.75) is 90.8 Å². The number of carboxylic acid groups (broad SMARTS) is 1. The fourth-order valence-electron chi connectivity index (χ4n) is 6.15. The molecule has 2 aromatic rings. The minimum atomic E-state index is -1.36. The van der Waals surface area contributed by atoms with Crippen LogP contribution in [-0.4, -0.2) is 58.7 Å². The van der Waals surface area contributed by atoms with Crippen LogP contribution in [-0.2, 0) is 19.2 Å². The molecule has 2 fully saturated rings. The molecule has 238 valence electrons. The summed E-state index contributed by atoms with van der Waals surface area (Å²) in [4.78, 5) is 53.0. The number of nitrogens with zero attached hydrogens (tertiary/aromatic N) is 1. The van der Waals surface area contributed by atoms with Crippen molar-refractivity contribution >= 4 is 23.6 Å². The monoisotopic (exact) mass is 611 g/mol. The van der Waals surface area contributed by atoms with Crippen LogP contribution >= 0.6 is 0 Å². The number of likely N-dealkylation sites (tertiary alicyclic amines) is 1. The summed E-state index contributed by atoms with van der Waals surface area (Å²) in [5, 5.41) is 15.3. The summed E-state index contributed by atoms with van der Waals surface area (Å²) >= 11 is 0. The third-order valence-electron chi connectivity index (χ3n) is 8.55. The van der Waals surface area contributed by atoms with Gasteiger partial charge in [0.15, 0.2) is 17.4 Å². The highest BCUT2D eigenvalue weighted by Crippen LogP contribution is 2.35. The Morgan fingerprint density at radius 1 is 1.05 bits per heavy atom. The zero-order valence-electron chi connectivity index (χ0n) is 25.9. The number of aryl methyl sites for hydroxylation is 2. The molecule has 4 rings (SSSR count). The van der Waals surface area contributed by atoms with Crippen molar-refractivity contribution in [1.82, 2.24) is 15.5 Å². The van der Waals surface area contributed by atoms with Crippen LogP contribution in [0.15, 0.2) is 30.3 Å². The van der Waals surface area contributed by atoms with E-state index in [1.165, 1.54) is 6.07 Å². The Bertz CT molecular complexity index is 1390. The SMILES string of the molecule is Cc1cccc(C)c1-c1cc(F)c(F)c([C@H](CC(=O)O)NC(=O)[C@H](CC(C)C)NCC(=O)[C@H]2CCCN2C(=O)CC2CC2)c1. The van der Waals surface area contributed by atoms with Crippen molar-refractivity contribution in [2.24, 2.45) is 11.8 Å². The Morgan fingerprint density at radius 3 is 2.34 bits per heavy atom. The van der Waals surface area contributed by atoms with E-state index in [1.54, 1.807) is 4.90 Å². The lowest BCUT2D eigenvalue weighted by atomic mass is 9.92. The molecule has 0 aromatic heterocycles. The van der Waals surface area contributed by atoms with Crippen molar-refractivity contribution < 1.29 is 33.1 Å². The summed E-state index contributed by atoms with van der Waals surface area (Å²) in [5.41, 5.74) is 2.47. The summed E-state index contributed by atoms with van der Waals surface area (Å²) in [6.45, 7) is 7.87. The first kappa shape index (κ1) is 33.2. The Balaban J connectivity index is 1.53. The number of amides is 2. The number of carboxylic acids is 1.